The third kappa shape index (κ3) is 4.03. The molecule has 1 aromatic carbocycles. The van der Waals surface area contributed by atoms with Crippen LogP contribution in [-0.4, -0.2) is 71.0 Å². The first kappa shape index (κ1) is 19.2. The van der Waals surface area contributed by atoms with Crippen molar-refractivity contribution in [1.82, 2.24) is 23.3 Å². The van der Waals surface area contributed by atoms with Gasteiger partial charge in [-0.2, -0.15) is 13.1 Å². The van der Waals surface area contributed by atoms with Crippen molar-refractivity contribution in [3.63, 3.8) is 0 Å². The zero-order valence-corrected chi connectivity index (χ0v) is 16.5. The van der Waals surface area contributed by atoms with Gasteiger partial charge in [0.15, 0.2) is 0 Å². The Labute approximate surface area is 157 Å². The van der Waals surface area contributed by atoms with Gasteiger partial charge in [0.2, 0.25) is 15.9 Å². The van der Waals surface area contributed by atoms with Gasteiger partial charge in [-0.1, -0.05) is 13.0 Å². The third-order valence-corrected chi connectivity index (χ3v) is 7.06. The first-order chi connectivity index (χ1) is 12.4. The molecule has 0 spiro atoms. The van der Waals surface area contributed by atoms with Crippen LogP contribution in [0.5, 0.6) is 0 Å². The number of hydrogen-bond acceptors (Lipinski definition) is 7. The zero-order valence-electron chi connectivity index (χ0n) is 14.9. The Morgan fingerprint density at radius 1 is 1.27 bits per heavy atom. The second kappa shape index (κ2) is 7.95. The molecule has 0 saturated carbocycles. The lowest BCUT2D eigenvalue weighted by molar-refractivity contribution is -0.123. The lowest BCUT2D eigenvalue weighted by Gasteiger charge is -2.33. The first-order valence-electron chi connectivity index (χ1n) is 8.65. The van der Waals surface area contributed by atoms with Crippen LogP contribution in [0.15, 0.2) is 23.1 Å². The fourth-order valence-corrected chi connectivity index (χ4v) is 5.06. The van der Waals surface area contributed by atoms with E-state index in [2.05, 4.69) is 14.1 Å². The molecule has 10 heteroatoms. The molecule has 0 aliphatic carbocycles. The van der Waals surface area contributed by atoms with Gasteiger partial charge in [0.1, 0.15) is 15.9 Å². The van der Waals surface area contributed by atoms with Gasteiger partial charge in [-0.15, -0.1) is 0 Å². The molecular weight excluding hydrogens is 374 g/mol. The summed E-state index contributed by atoms with van der Waals surface area (Å²) >= 11 is 1.01. The van der Waals surface area contributed by atoms with Crippen LogP contribution in [-0.2, 0) is 14.8 Å². The Morgan fingerprint density at radius 2 is 2.00 bits per heavy atom. The lowest BCUT2D eigenvalue weighted by Crippen LogP contribution is -2.51. The second-order valence-electron chi connectivity index (χ2n) is 6.45. The summed E-state index contributed by atoms with van der Waals surface area (Å²) in [6.45, 7) is 6.05. The Balaban J connectivity index is 1.64. The van der Waals surface area contributed by atoms with Crippen molar-refractivity contribution in [2.75, 3.05) is 32.7 Å². The molecule has 142 valence electrons. The molecule has 3 rings (SSSR count). The number of aromatic nitrogens is 2. The van der Waals surface area contributed by atoms with Gasteiger partial charge in [-0.25, -0.2) is 8.42 Å². The highest BCUT2D eigenvalue weighted by molar-refractivity contribution is 7.89. The van der Waals surface area contributed by atoms with Crippen molar-refractivity contribution < 1.29 is 13.2 Å². The van der Waals surface area contributed by atoms with E-state index in [9.17, 15) is 13.2 Å². The van der Waals surface area contributed by atoms with Crippen LogP contribution >= 0.6 is 11.7 Å². The van der Waals surface area contributed by atoms with Gasteiger partial charge in [0.05, 0.1) is 18.3 Å². The standard InChI is InChI=1S/C16H23N5O3S2/c1-3-12(2)17-15(22)11-20-7-9-21(10-8-20)26(23,24)14-6-4-5-13-16(14)19-25-18-13/h4-6,12H,3,7-11H2,1-2H3,(H,17,22). The molecule has 1 amide bonds. The lowest BCUT2D eigenvalue weighted by atomic mass is 10.2. The van der Waals surface area contributed by atoms with Gasteiger partial charge >= 0.3 is 0 Å². The fraction of sp³-hybridized carbons (Fsp3) is 0.562. The van der Waals surface area contributed by atoms with Crippen LogP contribution in [0.1, 0.15) is 20.3 Å². The van der Waals surface area contributed by atoms with Gasteiger partial charge < -0.3 is 5.32 Å². The van der Waals surface area contributed by atoms with Crippen LogP contribution in [0.2, 0.25) is 0 Å². The monoisotopic (exact) mass is 397 g/mol. The summed E-state index contributed by atoms with van der Waals surface area (Å²) in [5.41, 5.74) is 1.02. The summed E-state index contributed by atoms with van der Waals surface area (Å²) in [6.07, 6.45) is 0.884. The molecule has 1 N–H and O–H groups in total. The van der Waals surface area contributed by atoms with Crippen molar-refractivity contribution in [2.45, 2.75) is 31.2 Å². The van der Waals surface area contributed by atoms with E-state index in [1.54, 1.807) is 18.2 Å². The number of sulfonamides is 1. The zero-order chi connectivity index (χ0) is 18.7. The summed E-state index contributed by atoms with van der Waals surface area (Å²) in [5, 5.41) is 2.93. The maximum absolute atomic E-state index is 13.0. The summed E-state index contributed by atoms with van der Waals surface area (Å²) in [5.74, 6) is -0.0195. The van der Waals surface area contributed by atoms with Crippen LogP contribution in [0, 0.1) is 0 Å². The topological polar surface area (TPSA) is 95.5 Å². The average molecular weight is 398 g/mol. The van der Waals surface area contributed by atoms with Crippen LogP contribution in [0.3, 0.4) is 0 Å². The number of rotatable bonds is 6. The van der Waals surface area contributed by atoms with E-state index in [0.717, 1.165) is 18.1 Å². The van der Waals surface area contributed by atoms with Crippen molar-refractivity contribution in [2.24, 2.45) is 0 Å². The van der Waals surface area contributed by atoms with E-state index in [0.29, 0.717) is 43.8 Å². The van der Waals surface area contributed by atoms with E-state index < -0.39 is 10.0 Å². The molecule has 1 aliphatic heterocycles. The maximum Gasteiger partial charge on any atom is 0.245 e. The smallest absolute Gasteiger partial charge is 0.245 e. The van der Waals surface area contributed by atoms with Crippen molar-refractivity contribution in [1.29, 1.82) is 0 Å². The van der Waals surface area contributed by atoms with Gasteiger partial charge in [0.25, 0.3) is 0 Å². The van der Waals surface area contributed by atoms with Crippen LogP contribution < -0.4 is 5.32 Å². The Bertz CT molecular complexity index is 875. The number of nitrogens with zero attached hydrogens (tertiary/aromatic N) is 4. The Hall–Kier alpha value is -1.62. The normalized spacial score (nSPS) is 18.1. The molecule has 2 aromatic rings. The number of carbonyl (C=O) groups excluding carboxylic acids is 1. The SMILES string of the molecule is CCC(C)NC(=O)CN1CCN(S(=O)(=O)c2cccc3nsnc23)CC1. The molecule has 0 bridgehead atoms. The van der Waals surface area contributed by atoms with E-state index in [-0.39, 0.29) is 16.8 Å². The van der Waals surface area contributed by atoms with E-state index in [1.807, 2.05) is 18.7 Å². The molecule has 1 aliphatic rings. The number of hydrogen-bond donors (Lipinski definition) is 1. The van der Waals surface area contributed by atoms with Crippen molar-refractivity contribution in [3.8, 4) is 0 Å². The highest BCUT2D eigenvalue weighted by atomic mass is 32.2. The predicted octanol–water partition coefficient (Wildman–Crippen LogP) is 0.912. The third-order valence-electron chi connectivity index (χ3n) is 4.59. The number of fused-ring (bicyclic) bond motifs is 1. The molecule has 1 unspecified atom stereocenters. The average Bonchev–Trinajstić information content (AvgIpc) is 3.10. The first-order valence-corrected chi connectivity index (χ1v) is 10.8. The number of carbonyl (C=O) groups is 1. The molecule has 2 heterocycles. The predicted molar refractivity (Wildman–Crippen MR) is 101 cm³/mol. The number of piperazine rings is 1. The molecule has 1 fully saturated rings. The molecular formula is C16H23N5O3S2. The molecule has 26 heavy (non-hydrogen) atoms. The number of nitrogens with one attached hydrogen (secondary N) is 1. The van der Waals surface area contributed by atoms with E-state index >= 15 is 0 Å². The van der Waals surface area contributed by atoms with Gasteiger partial charge in [-0.3, -0.25) is 9.69 Å². The van der Waals surface area contributed by atoms with E-state index in [4.69, 9.17) is 0 Å². The number of amides is 1. The summed E-state index contributed by atoms with van der Waals surface area (Å²) in [6, 6.07) is 5.17. The van der Waals surface area contributed by atoms with Crippen molar-refractivity contribution in [3.05, 3.63) is 18.2 Å². The van der Waals surface area contributed by atoms with Crippen molar-refractivity contribution >= 4 is 38.7 Å². The van der Waals surface area contributed by atoms with Crippen LogP contribution in [0.4, 0.5) is 0 Å². The minimum absolute atomic E-state index is 0.0195. The highest BCUT2D eigenvalue weighted by Gasteiger charge is 2.31. The maximum atomic E-state index is 13.0. The molecule has 1 aromatic heterocycles. The number of benzene rings is 1. The van der Waals surface area contributed by atoms with Crippen LogP contribution in [0.25, 0.3) is 11.0 Å². The highest BCUT2D eigenvalue weighted by Crippen LogP contribution is 2.25. The largest absolute Gasteiger partial charge is 0.353 e. The molecule has 8 nitrogen and oxygen atoms in total. The Morgan fingerprint density at radius 3 is 2.69 bits per heavy atom. The van der Waals surface area contributed by atoms with Gasteiger partial charge in [-0.05, 0) is 25.5 Å². The van der Waals surface area contributed by atoms with Gasteiger partial charge in [0, 0.05) is 32.2 Å². The quantitative estimate of drug-likeness (QED) is 0.779. The minimum atomic E-state index is -3.62. The molecule has 1 atom stereocenters. The Kier molecular flexibility index (Phi) is 5.86. The van der Waals surface area contributed by atoms with E-state index in [1.165, 1.54) is 4.31 Å². The molecule has 1 saturated heterocycles. The minimum Gasteiger partial charge on any atom is -0.353 e. The molecule has 0 radical (unpaired) electrons. The summed E-state index contributed by atoms with van der Waals surface area (Å²) in [7, 11) is -3.62. The summed E-state index contributed by atoms with van der Waals surface area (Å²) < 4.78 is 35.7. The fourth-order valence-electron chi connectivity index (χ4n) is 2.88. The summed E-state index contributed by atoms with van der Waals surface area (Å²) in [4.78, 5) is 14.2. The second-order valence-corrected chi connectivity index (χ2v) is 8.88.